The van der Waals surface area contributed by atoms with E-state index in [1.54, 1.807) is 0 Å². The molecule has 0 aliphatic heterocycles. The summed E-state index contributed by atoms with van der Waals surface area (Å²) in [5.41, 5.74) is 5.50. The zero-order chi connectivity index (χ0) is 9.52. The molecule has 1 rings (SSSR count). The molecule has 0 aliphatic rings. The van der Waals surface area contributed by atoms with Crippen LogP contribution in [0.1, 0.15) is 6.92 Å². The standard InChI is InChI=1S/C8H13N3O2/c1-2-12-5-6-13-8-7(9)10-3-4-11-8/h3-4H,2,5-6H2,1H3,(H2,9,10). The predicted octanol–water partition coefficient (Wildman–Crippen LogP) is 0.474. The maximum atomic E-state index is 5.50. The van der Waals surface area contributed by atoms with Crippen LogP contribution in [0.5, 0.6) is 5.88 Å². The highest BCUT2D eigenvalue weighted by molar-refractivity contribution is 5.38. The molecule has 5 nitrogen and oxygen atoms in total. The molecule has 0 fully saturated rings. The summed E-state index contributed by atoms with van der Waals surface area (Å²) in [5, 5.41) is 0. The van der Waals surface area contributed by atoms with Crippen molar-refractivity contribution in [2.45, 2.75) is 6.92 Å². The number of nitrogens with zero attached hydrogens (tertiary/aromatic N) is 2. The van der Waals surface area contributed by atoms with Gasteiger partial charge in [-0.05, 0) is 6.92 Å². The minimum Gasteiger partial charge on any atom is -0.473 e. The van der Waals surface area contributed by atoms with Crippen LogP contribution < -0.4 is 10.5 Å². The minimum atomic E-state index is 0.305. The van der Waals surface area contributed by atoms with Crippen LogP contribution >= 0.6 is 0 Å². The zero-order valence-corrected chi connectivity index (χ0v) is 7.56. The number of nitrogen functional groups attached to an aromatic ring is 1. The highest BCUT2D eigenvalue weighted by atomic mass is 16.5. The lowest BCUT2D eigenvalue weighted by molar-refractivity contribution is 0.108. The number of rotatable bonds is 5. The minimum absolute atomic E-state index is 0.305. The number of nitrogens with two attached hydrogens (primary N) is 1. The smallest absolute Gasteiger partial charge is 0.257 e. The summed E-state index contributed by atoms with van der Waals surface area (Å²) < 4.78 is 10.3. The molecule has 0 bridgehead atoms. The van der Waals surface area contributed by atoms with Crippen LogP contribution in [0, 0.1) is 0 Å². The van der Waals surface area contributed by atoms with E-state index in [2.05, 4.69) is 9.97 Å². The molecule has 0 radical (unpaired) electrons. The first-order valence-electron chi connectivity index (χ1n) is 4.11. The molecule has 5 heteroatoms. The van der Waals surface area contributed by atoms with Crippen LogP contribution in [0.3, 0.4) is 0 Å². The van der Waals surface area contributed by atoms with Gasteiger partial charge in [-0.2, -0.15) is 0 Å². The Morgan fingerprint density at radius 2 is 2.08 bits per heavy atom. The van der Waals surface area contributed by atoms with Crippen molar-refractivity contribution in [2.75, 3.05) is 25.6 Å². The van der Waals surface area contributed by atoms with Crippen molar-refractivity contribution in [3.05, 3.63) is 12.4 Å². The van der Waals surface area contributed by atoms with E-state index < -0.39 is 0 Å². The summed E-state index contributed by atoms with van der Waals surface area (Å²) in [6.07, 6.45) is 3.05. The number of aromatic nitrogens is 2. The molecule has 0 amide bonds. The average molecular weight is 183 g/mol. The largest absolute Gasteiger partial charge is 0.473 e. The van der Waals surface area contributed by atoms with Gasteiger partial charge in [0.25, 0.3) is 5.88 Å². The molecule has 0 spiro atoms. The summed E-state index contributed by atoms with van der Waals surface area (Å²) >= 11 is 0. The lowest BCUT2D eigenvalue weighted by Crippen LogP contribution is -2.09. The molecule has 2 N–H and O–H groups in total. The zero-order valence-electron chi connectivity index (χ0n) is 7.56. The predicted molar refractivity (Wildman–Crippen MR) is 48.4 cm³/mol. The molecule has 1 aromatic heterocycles. The van der Waals surface area contributed by atoms with Gasteiger partial charge in [-0.1, -0.05) is 0 Å². The van der Waals surface area contributed by atoms with Gasteiger partial charge in [0.05, 0.1) is 6.61 Å². The molecule has 72 valence electrons. The van der Waals surface area contributed by atoms with Gasteiger partial charge in [-0.15, -0.1) is 0 Å². The second-order valence-corrected chi connectivity index (χ2v) is 2.29. The molecule has 13 heavy (non-hydrogen) atoms. The fourth-order valence-corrected chi connectivity index (χ4v) is 0.789. The summed E-state index contributed by atoms with van der Waals surface area (Å²) in [6.45, 7) is 3.58. The summed E-state index contributed by atoms with van der Waals surface area (Å²) in [6, 6.07) is 0. The quantitative estimate of drug-likeness (QED) is 0.672. The Balaban J connectivity index is 2.32. The average Bonchev–Trinajstić information content (AvgIpc) is 2.15. The van der Waals surface area contributed by atoms with E-state index in [-0.39, 0.29) is 0 Å². The van der Waals surface area contributed by atoms with Gasteiger partial charge in [0.15, 0.2) is 5.82 Å². The van der Waals surface area contributed by atoms with Crippen molar-refractivity contribution in [1.29, 1.82) is 0 Å². The topological polar surface area (TPSA) is 70.3 Å². The number of ether oxygens (including phenoxy) is 2. The molecular formula is C8H13N3O2. The van der Waals surface area contributed by atoms with Crippen LogP contribution in [-0.2, 0) is 4.74 Å². The van der Waals surface area contributed by atoms with Crippen LogP contribution in [0.15, 0.2) is 12.4 Å². The Bertz CT molecular complexity index is 255. The van der Waals surface area contributed by atoms with E-state index in [1.807, 2.05) is 6.92 Å². The molecular weight excluding hydrogens is 170 g/mol. The fraction of sp³-hybridized carbons (Fsp3) is 0.500. The van der Waals surface area contributed by atoms with E-state index in [0.29, 0.717) is 31.5 Å². The second kappa shape index (κ2) is 5.31. The molecule has 0 unspecified atom stereocenters. The SMILES string of the molecule is CCOCCOc1nccnc1N. The maximum Gasteiger partial charge on any atom is 0.257 e. The Labute approximate surface area is 76.9 Å². The Morgan fingerprint density at radius 1 is 1.31 bits per heavy atom. The first-order chi connectivity index (χ1) is 6.34. The van der Waals surface area contributed by atoms with Crippen molar-refractivity contribution in [3.63, 3.8) is 0 Å². The van der Waals surface area contributed by atoms with E-state index in [9.17, 15) is 0 Å². The van der Waals surface area contributed by atoms with E-state index in [0.717, 1.165) is 0 Å². The number of anilines is 1. The third-order valence-corrected chi connectivity index (χ3v) is 1.36. The van der Waals surface area contributed by atoms with Gasteiger partial charge in [0.2, 0.25) is 0 Å². The number of hydrogen-bond donors (Lipinski definition) is 1. The normalized spacial score (nSPS) is 9.92. The molecule has 0 aromatic carbocycles. The molecule has 0 saturated carbocycles. The van der Waals surface area contributed by atoms with Crippen LogP contribution in [0.4, 0.5) is 5.82 Å². The fourth-order valence-electron chi connectivity index (χ4n) is 0.789. The monoisotopic (exact) mass is 183 g/mol. The van der Waals surface area contributed by atoms with Crippen molar-refractivity contribution in [2.24, 2.45) is 0 Å². The maximum absolute atomic E-state index is 5.50. The van der Waals surface area contributed by atoms with Crippen molar-refractivity contribution >= 4 is 5.82 Å². The summed E-state index contributed by atoms with van der Waals surface area (Å²) in [5.74, 6) is 0.668. The molecule has 0 aliphatic carbocycles. The van der Waals surface area contributed by atoms with Crippen LogP contribution in [-0.4, -0.2) is 29.8 Å². The first-order valence-corrected chi connectivity index (χ1v) is 4.11. The van der Waals surface area contributed by atoms with Gasteiger partial charge in [0.1, 0.15) is 6.61 Å². The van der Waals surface area contributed by atoms with Gasteiger partial charge in [0, 0.05) is 19.0 Å². The molecule has 0 saturated heterocycles. The third-order valence-electron chi connectivity index (χ3n) is 1.36. The lowest BCUT2D eigenvalue weighted by Gasteiger charge is -2.05. The Hall–Kier alpha value is -1.36. The summed E-state index contributed by atoms with van der Waals surface area (Å²) in [7, 11) is 0. The lowest BCUT2D eigenvalue weighted by atomic mass is 10.6. The van der Waals surface area contributed by atoms with Gasteiger partial charge in [-0.25, -0.2) is 9.97 Å². The summed E-state index contributed by atoms with van der Waals surface area (Å²) in [4.78, 5) is 7.74. The van der Waals surface area contributed by atoms with Crippen LogP contribution in [0.25, 0.3) is 0 Å². The highest BCUT2D eigenvalue weighted by Gasteiger charge is 2.00. The van der Waals surface area contributed by atoms with Gasteiger partial charge < -0.3 is 15.2 Å². The van der Waals surface area contributed by atoms with Gasteiger partial charge >= 0.3 is 0 Å². The third kappa shape index (κ3) is 3.25. The van der Waals surface area contributed by atoms with Crippen molar-refractivity contribution in [1.82, 2.24) is 9.97 Å². The number of hydrogen-bond acceptors (Lipinski definition) is 5. The van der Waals surface area contributed by atoms with Gasteiger partial charge in [-0.3, -0.25) is 0 Å². The van der Waals surface area contributed by atoms with Crippen molar-refractivity contribution < 1.29 is 9.47 Å². The Kier molecular flexibility index (Phi) is 3.98. The van der Waals surface area contributed by atoms with Crippen molar-refractivity contribution in [3.8, 4) is 5.88 Å². The second-order valence-electron chi connectivity index (χ2n) is 2.29. The van der Waals surface area contributed by atoms with E-state index >= 15 is 0 Å². The Morgan fingerprint density at radius 3 is 2.77 bits per heavy atom. The molecule has 1 aromatic rings. The van der Waals surface area contributed by atoms with E-state index in [1.165, 1.54) is 12.4 Å². The molecule has 1 heterocycles. The molecule has 0 atom stereocenters. The van der Waals surface area contributed by atoms with Crippen LogP contribution in [0.2, 0.25) is 0 Å². The highest BCUT2D eigenvalue weighted by Crippen LogP contribution is 2.11. The first kappa shape index (κ1) is 9.73. The van der Waals surface area contributed by atoms with E-state index in [4.69, 9.17) is 15.2 Å².